The number of aryl methyl sites for hydroxylation is 3. The highest BCUT2D eigenvalue weighted by Gasteiger charge is 2.17. The fourth-order valence-corrected chi connectivity index (χ4v) is 3.62. The minimum atomic E-state index is -0.353. The van der Waals surface area contributed by atoms with E-state index >= 15 is 0 Å². The number of rotatable bonds is 14. The number of ether oxygens (including phenoxy) is 3. The minimum Gasteiger partial charge on any atom is -0.461 e. The van der Waals surface area contributed by atoms with E-state index in [1.165, 1.54) is 6.07 Å². The van der Waals surface area contributed by atoms with Crippen LogP contribution < -0.4 is 10.9 Å². The molecular formula is C23H30N4O6. The molecule has 2 heterocycles. The molecule has 0 aliphatic heterocycles. The summed E-state index contributed by atoms with van der Waals surface area (Å²) in [6.45, 7) is 10.3. The van der Waals surface area contributed by atoms with Gasteiger partial charge in [0.05, 0.1) is 39.6 Å². The Labute approximate surface area is 191 Å². The highest BCUT2D eigenvalue weighted by Crippen LogP contribution is 2.34. The van der Waals surface area contributed by atoms with Crippen molar-refractivity contribution in [2.45, 2.75) is 27.3 Å². The second-order valence-corrected chi connectivity index (χ2v) is 7.61. The molecule has 0 aliphatic carbocycles. The van der Waals surface area contributed by atoms with Crippen molar-refractivity contribution in [2.75, 3.05) is 52.7 Å². The summed E-state index contributed by atoms with van der Waals surface area (Å²) in [6.07, 6.45) is 0. The molecule has 0 amide bonds. The molecule has 178 valence electrons. The Morgan fingerprint density at radius 2 is 1.61 bits per heavy atom. The van der Waals surface area contributed by atoms with E-state index in [9.17, 15) is 4.79 Å². The van der Waals surface area contributed by atoms with Crippen molar-refractivity contribution in [3.63, 3.8) is 0 Å². The van der Waals surface area contributed by atoms with Crippen molar-refractivity contribution in [2.24, 2.45) is 5.11 Å². The molecule has 33 heavy (non-hydrogen) atoms. The molecule has 0 radical (unpaired) electrons. The molecule has 0 saturated carbocycles. The summed E-state index contributed by atoms with van der Waals surface area (Å²) in [4.78, 5) is 14.4. The van der Waals surface area contributed by atoms with Crippen LogP contribution in [0.3, 0.4) is 0 Å². The number of azide groups is 1. The van der Waals surface area contributed by atoms with Gasteiger partial charge in [-0.2, -0.15) is 0 Å². The van der Waals surface area contributed by atoms with Crippen LogP contribution in [0.1, 0.15) is 22.5 Å². The monoisotopic (exact) mass is 458 g/mol. The Kier molecular flexibility index (Phi) is 9.29. The fourth-order valence-electron chi connectivity index (χ4n) is 3.62. The lowest BCUT2D eigenvalue weighted by atomic mass is 10.0. The van der Waals surface area contributed by atoms with Crippen LogP contribution >= 0.6 is 0 Å². The fraction of sp³-hybridized carbons (Fsp3) is 0.522. The molecular weight excluding hydrogens is 428 g/mol. The topological polar surface area (TPSA) is 132 Å². The van der Waals surface area contributed by atoms with E-state index in [4.69, 9.17) is 28.6 Å². The Morgan fingerprint density at radius 1 is 0.939 bits per heavy atom. The predicted molar refractivity (Wildman–Crippen MR) is 125 cm³/mol. The van der Waals surface area contributed by atoms with Crippen LogP contribution in [0.25, 0.3) is 32.4 Å². The Balaban J connectivity index is 1.42. The lowest BCUT2D eigenvalue weighted by Gasteiger charge is -2.08. The van der Waals surface area contributed by atoms with Gasteiger partial charge in [0.2, 0.25) is 0 Å². The van der Waals surface area contributed by atoms with Crippen LogP contribution in [-0.2, 0) is 20.8 Å². The molecule has 0 bridgehead atoms. The maximum atomic E-state index is 11.8. The summed E-state index contributed by atoms with van der Waals surface area (Å²) in [5, 5.41) is 8.72. The van der Waals surface area contributed by atoms with Crippen LogP contribution in [-0.4, -0.2) is 52.7 Å². The van der Waals surface area contributed by atoms with E-state index in [2.05, 4.69) is 15.3 Å². The third-order valence-corrected chi connectivity index (χ3v) is 5.29. The predicted octanol–water partition coefficient (Wildman–Crippen LogP) is 3.91. The van der Waals surface area contributed by atoms with E-state index < -0.39 is 0 Å². The highest BCUT2D eigenvalue weighted by molar-refractivity contribution is 5.99. The largest absolute Gasteiger partial charge is 0.461 e. The van der Waals surface area contributed by atoms with Gasteiger partial charge in [-0.1, -0.05) is 5.11 Å². The smallest absolute Gasteiger partial charge is 0.336 e. The van der Waals surface area contributed by atoms with Crippen LogP contribution in [0.4, 0.5) is 0 Å². The van der Waals surface area contributed by atoms with Gasteiger partial charge in [0, 0.05) is 52.5 Å². The molecule has 10 heteroatoms. The average molecular weight is 459 g/mol. The number of fused-ring (bicyclic) bond motifs is 2. The molecule has 10 nitrogen and oxygen atoms in total. The second-order valence-electron chi connectivity index (χ2n) is 7.61. The first kappa shape index (κ1) is 24.8. The first-order valence-corrected chi connectivity index (χ1v) is 10.9. The molecule has 2 aromatic heterocycles. The standard InChI is InChI=1S/C23H30N4O6/c1-15-12-21(28)33-22-16(2)23-19(13-18(15)22)20(17(3)32-23)14-25-4-6-29-8-10-31-11-9-30-7-5-26-27-24/h12-13,25H,4-11,14H2,1-3H3. The Bertz CT molecular complexity index is 1180. The average Bonchev–Trinajstić information content (AvgIpc) is 3.10. The quantitative estimate of drug-likeness (QED) is 0.127. The van der Waals surface area contributed by atoms with Gasteiger partial charge < -0.3 is 28.4 Å². The zero-order chi connectivity index (χ0) is 23.6. The van der Waals surface area contributed by atoms with E-state index in [-0.39, 0.29) is 5.63 Å². The maximum absolute atomic E-state index is 11.8. The zero-order valence-corrected chi connectivity index (χ0v) is 19.3. The summed E-state index contributed by atoms with van der Waals surface area (Å²) in [6, 6.07) is 3.55. The van der Waals surface area contributed by atoms with Gasteiger partial charge in [0.25, 0.3) is 0 Å². The number of hydrogen-bond acceptors (Lipinski definition) is 8. The summed E-state index contributed by atoms with van der Waals surface area (Å²) < 4.78 is 27.7. The Morgan fingerprint density at radius 3 is 2.33 bits per heavy atom. The normalized spacial score (nSPS) is 11.4. The number of benzene rings is 1. The van der Waals surface area contributed by atoms with Crippen LogP contribution in [0.15, 0.2) is 30.9 Å². The van der Waals surface area contributed by atoms with Gasteiger partial charge in [-0.25, -0.2) is 4.79 Å². The molecule has 1 aromatic carbocycles. The van der Waals surface area contributed by atoms with E-state index in [1.54, 1.807) is 0 Å². The third kappa shape index (κ3) is 6.56. The van der Waals surface area contributed by atoms with Crippen molar-refractivity contribution < 1.29 is 23.0 Å². The number of furan rings is 1. The van der Waals surface area contributed by atoms with Crippen molar-refractivity contribution in [3.8, 4) is 0 Å². The second kappa shape index (κ2) is 12.4. The van der Waals surface area contributed by atoms with E-state index in [0.29, 0.717) is 64.9 Å². The van der Waals surface area contributed by atoms with Crippen molar-refractivity contribution in [3.05, 3.63) is 55.4 Å². The molecule has 0 atom stereocenters. The molecule has 3 aromatic rings. The van der Waals surface area contributed by atoms with Crippen molar-refractivity contribution in [1.29, 1.82) is 0 Å². The number of nitrogens with zero attached hydrogens (tertiary/aromatic N) is 3. The molecule has 0 fully saturated rings. The molecule has 0 spiro atoms. The highest BCUT2D eigenvalue weighted by atomic mass is 16.5. The minimum absolute atomic E-state index is 0.328. The van der Waals surface area contributed by atoms with Crippen LogP contribution in [0, 0.1) is 20.8 Å². The first-order chi connectivity index (χ1) is 16.0. The summed E-state index contributed by atoms with van der Waals surface area (Å²) in [5.41, 5.74) is 11.9. The third-order valence-electron chi connectivity index (χ3n) is 5.29. The summed E-state index contributed by atoms with van der Waals surface area (Å²) >= 11 is 0. The van der Waals surface area contributed by atoms with Gasteiger partial charge >= 0.3 is 5.63 Å². The molecule has 3 rings (SSSR count). The lowest BCUT2D eigenvalue weighted by molar-refractivity contribution is 0.0166. The van der Waals surface area contributed by atoms with E-state index in [1.807, 2.05) is 26.8 Å². The Hall–Kier alpha value is -2.88. The zero-order valence-electron chi connectivity index (χ0n) is 19.3. The first-order valence-electron chi connectivity index (χ1n) is 10.9. The van der Waals surface area contributed by atoms with Crippen LogP contribution in [0.5, 0.6) is 0 Å². The van der Waals surface area contributed by atoms with Gasteiger partial charge in [0.15, 0.2) is 0 Å². The molecule has 1 N–H and O–H groups in total. The summed E-state index contributed by atoms with van der Waals surface area (Å²) in [5.74, 6) is 0.840. The van der Waals surface area contributed by atoms with Gasteiger partial charge in [-0.05, 0) is 37.9 Å². The molecule has 0 aliphatic rings. The van der Waals surface area contributed by atoms with Crippen molar-refractivity contribution >= 4 is 21.9 Å². The number of nitrogens with one attached hydrogen (secondary N) is 1. The summed E-state index contributed by atoms with van der Waals surface area (Å²) in [7, 11) is 0. The van der Waals surface area contributed by atoms with Gasteiger partial charge in [-0.3, -0.25) is 0 Å². The van der Waals surface area contributed by atoms with Crippen LogP contribution in [0.2, 0.25) is 0 Å². The van der Waals surface area contributed by atoms with E-state index in [0.717, 1.165) is 38.8 Å². The van der Waals surface area contributed by atoms with Gasteiger partial charge in [0.1, 0.15) is 16.9 Å². The molecule has 0 saturated heterocycles. The maximum Gasteiger partial charge on any atom is 0.336 e. The molecule has 0 unspecified atom stereocenters. The van der Waals surface area contributed by atoms with Gasteiger partial charge in [-0.15, -0.1) is 0 Å². The lowest BCUT2D eigenvalue weighted by Crippen LogP contribution is -2.20. The SMILES string of the molecule is Cc1oc2c(C)c3oc(=O)cc(C)c3cc2c1CNCCOCCOCCOCCN=[N+]=[N-]. The number of hydrogen-bond donors (Lipinski definition) is 1. The van der Waals surface area contributed by atoms with Crippen molar-refractivity contribution in [1.82, 2.24) is 5.32 Å².